The highest BCUT2D eigenvalue weighted by Crippen LogP contribution is 2.63. The van der Waals surface area contributed by atoms with Crippen LogP contribution in [0.1, 0.15) is 0 Å². The van der Waals surface area contributed by atoms with Crippen LogP contribution in [0.5, 0.6) is 0 Å². The quantitative estimate of drug-likeness (QED) is 0.644. The fraction of sp³-hybridized carbons (Fsp3) is 0.400. The minimum absolute atomic E-state index is 0.0149. The van der Waals surface area contributed by atoms with E-state index >= 15 is 0 Å². The van der Waals surface area contributed by atoms with Gasteiger partial charge in [0.25, 0.3) is 0 Å². The number of rotatable bonds is 0. The van der Waals surface area contributed by atoms with Crippen LogP contribution in [0.15, 0.2) is 21.2 Å². The largest absolute Gasteiger partial charge is 0.297 e. The Balaban J connectivity index is 2.24. The molecule has 2 nitrogen and oxygen atoms in total. The first-order valence-corrected chi connectivity index (χ1v) is 6.12. The van der Waals surface area contributed by atoms with Gasteiger partial charge in [0.15, 0.2) is 11.6 Å². The van der Waals surface area contributed by atoms with E-state index in [4.69, 9.17) is 46.4 Å². The van der Waals surface area contributed by atoms with Gasteiger partial charge >= 0.3 is 0 Å². The fourth-order valence-corrected chi connectivity index (χ4v) is 4.26. The summed E-state index contributed by atoms with van der Waals surface area (Å²) in [7, 11) is 0. The summed E-state index contributed by atoms with van der Waals surface area (Å²) in [4.78, 5) is 22.4. The van der Waals surface area contributed by atoms with E-state index < -0.39 is 22.6 Å². The van der Waals surface area contributed by atoms with Crippen molar-refractivity contribution < 1.29 is 9.59 Å². The lowest BCUT2D eigenvalue weighted by atomic mass is 9.84. The summed E-state index contributed by atoms with van der Waals surface area (Å²) in [5.74, 6) is -2.28. The van der Waals surface area contributed by atoms with Crippen molar-refractivity contribution in [3.63, 3.8) is 0 Å². The Hall–Kier alpha value is -0.0200. The minimum atomic E-state index is -1.37. The molecule has 2 bridgehead atoms. The first-order chi connectivity index (χ1) is 7.40. The highest BCUT2D eigenvalue weighted by molar-refractivity contribution is 6.55. The van der Waals surface area contributed by atoms with Crippen LogP contribution in [0, 0.1) is 17.8 Å². The van der Waals surface area contributed by atoms with Crippen LogP contribution in [-0.2, 0) is 9.59 Å². The molecule has 3 aliphatic carbocycles. The summed E-state index contributed by atoms with van der Waals surface area (Å²) < 4.78 is 0. The number of Topliss-reactive ketones (excluding diaryl/α,β-unsaturated/α-hetero) is 2. The van der Waals surface area contributed by atoms with Crippen LogP contribution in [0.25, 0.3) is 0 Å². The third kappa shape index (κ3) is 0.943. The van der Waals surface area contributed by atoms with Gasteiger partial charge in [0, 0.05) is 21.9 Å². The first-order valence-electron chi connectivity index (χ1n) is 4.61. The summed E-state index contributed by atoms with van der Waals surface area (Å²) in [5, 5.41) is 0.399. The van der Waals surface area contributed by atoms with Crippen LogP contribution in [0.2, 0.25) is 0 Å². The molecule has 0 saturated heterocycles. The SMILES string of the molecule is O=C1C(Cl)=C(Cl)[C@@H]2[C@H]1[C@H]1C=C(Cl)[C@@]2(Cl)C1=O. The van der Waals surface area contributed by atoms with Gasteiger partial charge in [-0.3, -0.25) is 9.59 Å². The van der Waals surface area contributed by atoms with E-state index in [1.54, 1.807) is 0 Å². The molecule has 0 unspecified atom stereocenters. The molecule has 0 aliphatic heterocycles. The van der Waals surface area contributed by atoms with E-state index in [-0.39, 0.29) is 26.7 Å². The van der Waals surface area contributed by atoms with Gasteiger partial charge < -0.3 is 0 Å². The third-order valence-corrected chi connectivity index (χ3v) is 5.57. The molecular formula is C10H4Cl4O2. The molecule has 0 radical (unpaired) electrons. The van der Waals surface area contributed by atoms with Crippen molar-refractivity contribution in [1.29, 1.82) is 0 Å². The molecule has 84 valence electrons. The molecule has 0 aromatic heterocycles. The average molecular weight is 298 g/mol. The smallest absolute Gasteiger partial charge is 0.180 e. The van der Waals surface area contributed by atoms with Gasteiger partial charge in [0.05, 0.1) is 11.0 Å². The summed E-state index contributed by atoms with van der Waals surface area (Å²) in [5.41, 5.74) is 0. The first kappa shape index (κ1) is 11.1. The molecule has 0 aromatic carbocycles. The Kier molecular flexibility index (Phi) is 2.11. The molecular weight excluding hydrogens is 294 g/mol. The number of carbonyl (C=O) groups is 2. The average Bonchev–Trinajstić information content (AvgIpc) is 2.69. The molecule has 3 aliphatic rings. The highest BCUT2D eigenvalue weighted by atomic mass is 35.5. The molecule has 6 heteroatoms. The molecule has 0 aromatic rings. The van der Waals surface area contributed by atoms with E-state index in [0.29, 0.717) is 0 Å². The Morgan fingerprint density at radius 2 is 1.81 bits per heavy atom. The van der Waals surface area contributed by atoms with Gasteiger partial charge in [-0.15, -0.1) is 11.6 Å². The maximum absolute atomic E-state index is 12.0. The summed E-state index contributed by atoms with van der Waals surface area (Å²) in [6.45, 7) is 0. The maximum Gasteiger partial charge on any atom is 0.180 e. The van der Waals surface area contributed by atoms with E-state index in [1.165, 1.54) is 6.08 Å². The zero-order valence-corrected chi connectivity index (χ0v) is 10.7. The second-order valence-corrected chi connectivity index (χ2v) is 5.93. The molecule has 1 fully saturated rings. The summed E-state index contributed by atoms with van der Waals surface area (Å²) in [6, 6.07) is 0. The van der Waals surface area contributed by atoms with E-state index in [1.807, 2.05) is 0 Å². The van der Waals surface area contributed by atoms with Crippen molar-refractivity contribution >= 4 is 58.0 Å². The fourth-order valence-electron chi connectivity index (χ4n) is 2.79. The molecule has 16 heavy (non-hydrogen) atoms. The lowest BCUT2D eigenvalue weighted by Gasteiger charge is -2.26. The van der Waals surface area contributed by atoms with E-state index in [2.05, 4.69) is 0 Å². The van der Waals surface area contributed by atoms with Crippen molar-refractivity contribution in [2.75, 3.05) is 0 Å². The second kappa shape index (κ2) is 3.05. The molecule has 0 spiro atoms. The van der Waals surface area contributed by atoms with Gasteiger partial charge in [-0.2, -0.15) is 0 Å². The van der Waals surface area contributed by atoms with Crippen LogP contribution in [0.3, 0.4) is 0 Å². The number of hydrogen-bond acceptors (Lipinski definition) is 2. The van der Waals surface area contributed by atoms with Crippen LogP contribution in [-0.4, -0.2) is 16.4 Å². The van der Waals surface area contributed by atoms with E-state index in [0.717, 1.165) is 0 Å². The number of hydrogen-bond donors (Lipinski definition) is 0. The van der Waals surface area contributed by atoms with Gasteiger partial charge in [0.1, 0.15) is 4.87 Å². The molecule has 4 atom stereocenters. The Labute approximate surface area is 111 Å². The zero-order chi connectivity index (χ0) is 11.8. The Bertz CT molecular complexity index is 507. The number of halogens is 4. The Morgan fingerprint density at radius 1 is 1.19 bits per heavy atom. The predicted molar refractivity (Wildman–Crippen MR) is 61.7 cm³/mol. The van der Waals surface area contributed by atoms with Crippen molar-refractivity contribution in [3.8, 4) is 0 Å². The van der Waals surface area contributed by atoms with Crippen molar-refractivity contribution in [2.45, 2.75) is 4.87 Å². The van der Waals surface area contributed by atoms with Crippen LogP contribution in [0.4, 0.5) is 0 Å². The Morgan fingerprint density at radius 3 is 2.44 bits per heavy atom. The molecule has 0 heterocycles. The summed E-state index contributed by atoms with van der Waals surface area (Å²) in [6.07, 6.45) is 1.54. The lowest BCUT2D eigenvalue weighted by Crippen LogP contribution is -2.34. The lowest BCUT2D eigenvalue weighted by molar-refractivity contribution is -0.124. The highest BCUT2D eigenvalue weighted by Gasteiger charge is 2.70. The predicted octanol–water partition coefficient (Wildman–Crippen LogP) is 2.80. The van der Waals surface area contributed by atoms with Crippen molar-refractivity contribution in [3.05, 3.63) is 21.2 Å². The number of carbonyl (C=O) groups excluding carboxylic acids is 2. The minimum Gasteiger partial charge on any atom is -0.297 e. The number of allylic oxidation sites excluding steroid dienone is 4. The molecule has 0 amide bonds. The molecule has 3 rings (SSSR count). The monoisotopic (exact) mass is 296 g/mol. The van der Waals surface area contributed by atoms with Gasteiger partial charge in [-0.05, 0) is 0 Å². The standard InChI is InChI=1S/C10H4Cl4O2/c11-3-1-2-4-5(10(3,14)9(2)16)6(12)7(13)8(4)15/h1-2,4-5H/t2-,4-,5+,10+/m1/s1. The normalized spacial score (nSPS) is 45.5. The zero-order valence-electron chi connectivity index (χ0n) is 7.64. The van der Waals surface area contributed by atoms with Crippen molar-refractivity contribution in [2.24, 2.45) is 17.8 Å². The summed E-state index contributed by atoms with van der Waals surface area (Å²) >= 11 is 24.0. The second-order valence-electron chi connectivity index (χ2n) is 4.15. The third-order valence-electron chi connectivity index (χ3n) is 3.51. The number of ketones is 2. The van der Waals surface area contributed by atoms with Crippen LogP contribution >= 0.6 is 46.4 Å². The molecule has 0 N–H and O–H groups in total. The van der Waals surface area contributed by atoms with Gasteiger partial charge in [-0.1, -0.05) is 40.9 Å². The van der Waals surface area contributed by atoms with Crippen molar-refractivity contribution in [1.82, 2.24) is 0 Å². The maximum atomic E-state index is 12.0. The van der Waals surface area contributed by atoms with Gasteiger partial charge in [-0.25, -0.2) is 0 Å². The van der Waals surface area contributed by atoms with Crippen LogP contribution < -0.4 is 0 Å². The van der Waals surface area contributed by atoms with Gasteiger partial charge in [0.2, 0.25) is 0 Å². The number of fused-ring (bicyclic) bond motifs is 5. The van der Waals surface area contributed by atoms with E-state index in [9.17, 15) is 9.59 Å². The number of alkyl halides is 1. The topological polar surface area (TPSA) is 34.1 Å². The molecule has 1 saturated carbocycles.